The Balaban J connectivity index is 2.05. The van der Waals surface area contributed by atoms with Gasteiger partial charge in [0, 0.05) is 18.2 Å². The first-order valence-electron chi connectivity index (χ1n) is 6.02. The summed E-state index contributed by atoms with van der Waals surface area (Å²) in [7, 11) is 1.40. The molecule has 6 heteroatoms. The molecule has 0 aromatic heterocycles. The summed E-state index contributed by atoms with van der Waals surface area (Å²) in [5.41, 5.74) is -0.176. The van der Waals surface area contributed by atoms with E-state index in [1.54, 1.807) is 0 Å². The predicted octanol–water partition coefficient (Wildman–Crippen LogP) is 4.43. The molecule has 21 heavy (non-hydrogen) atoms. The maximum absolute atomic E-state index is 13.2. The molecule has 0 N–H and O–H groups in total. The number of hydrogen-bond acceptors (Lipinski definition) is 2. The number of benzene rings is 2. The number of hydrogen-bond donors (Lipinski definition) is 0. The van der Waals surface area contributed by atoms with Crippen LogP contribution in [0.25, 0.3) is 0 Å². The van der Waals surface area contributed by atoms with Gasteiger partial charge in [0.1, 0.15) is 23.9 Å². The van der Waals surface area contributed by atoms with E-state index in [4.69, 9.17) is 9.47 Å². The smallest absolute Gasteiger partial charge is 0.416 e. The lowest BCUT2D eigenvalue weighted by Crippen LogP contribution is -2.05. The Morgan fingerprint density at radius 3 is 2.14 bits per heavy atom. The van der Waals surface area contributed by atoms with E-state index >= 15 is 0 Å². The molecular weight excluding hydrogens is 288 g/mol. The van der Waals surface area contributed by atoms with Gasteiger partial charge in [-0.2, -0.15) is 13.2 Å². The van der Waals surface area contributed by atoms with E-state index in [0.29, 0.717) is 11.3 Å². The van der Waals surface area contributed by atoms with Crippen molar-refractivity contribution in [3.8, 4) is 11.5 Å². The van der Waals surface area contributed by atoms with Gasteiger partial charge >= 0.3 is 6.18 Å². The molecule has 0 radical (unpaired) electrons. The molecule has 0 aliphatic rings. The Morgan fingerprint density at radius 2 is 1.57 bits per heavy atom. The molecule has 0 saturated heterocycles. The zero-order chi connectivity index (χ0) is 15.5. The van der Waals surface area contributed by atoms with E-state index in [2.05, 4.69) is 0 Å². The Bertz CT molecular complexity index is 606. The van der Waals surface area contributed by atoms with Crippen LogP contribution in [0.5, 0.6) is 11.5 Å². The average Bonchev–Trinajstić information content (AvgIpc) is 2.44. The highest BCUT2D eigenvalue weighted by molar-refractivity contribution is 5.34. The van der Waals surface area contributed by atoms with Crippen LogP contribution in [0.4, 0.5) is 17.6 Å². The second-order valence-corrected chi connectivity index (χ2v) is 4.31. The first-order chi connectivity index (χ1) is 9.88. The van der Waals surface area contributed by atoms with Crippen LogP contribution in [-0.4, -0.2) is 7.11 Å². The minimum absolute atomic E-state index is 0.0325. The third-order valence-electron chi connectivity index (χ3n) is 2.77. The minimum atomic E-state index is -4.37. The second-order valence-electron chi connectivity index (χ2n) is 4.31. The lowest BCUT2D eigenvalue weighted by Gasteiger charge is -2.10. The van der Waals surface area contributed by atoms with Crippen LogP contribution in [0.2, 0.25) is 0 Å². The highest BCUT2D eigenvalue weighted by Crippen LogP contribution is 2.29. The van der Waals surface area contributed by atoms with Gasteiger partial charge in [0.05, 0.1) is 12.7 Å². The van der Waals surface area contributed by atoms with Crippen LogP contribution in [0, 0.1) is 5.82 Å². The molecule has 0 bridgehead atoms. The second kappa shape index (κ2) is 6.03. The predicted molar refractivity (Wildman–Crippen MR) is 68.7 cm³/mol. The number of ether oxygens (including phenoxy) is 2. The summed E-state index contributed by atoms with van der Waals surface area (Å²) in [4.78, 5) is 0. The first kappa shape index (κ1) is 15.2. The van der Waals surface area contributed by atoms with Crippen molar-refractivity contribution in [1.29, 1.82) is 0 Å². The maximum atomic E-state index is 13.2. The van der Waals surface area contributed by atoms with E-state index in [-0.39, 0.29) is 12.4 Å². The fourth-order valence-corrected chi connectivity index (χ4v) is 1.69. The number of halogens is 4. The molecule has 2 aromatic rings. The third-order valence-corrected chi connectivity index (χ3v) is 2.77. The van der Waals surface area contributed by atoms with E-state index in [0.717, 1.165) is 12.1 Å². The first-order valence-corrected chi connectivity index (χ1v) is 6.02. The largest absolute Gasteiger partial charge is 0.497 e. The van der Waals surface area contributed by atoms with Gasteiger partial charge in [-0.25, -0.2) is 4.39 Å². The summed E-state index contributed by atoms with van der Waals surface area (Å²) < 4.78 is 60.7. The van der Waals surface area contributed by atoms with Crippen molar-refractivity contribution in [2.24, 2.45) is 0 Å². The van der Waals surface area contributed by atoms with Gasteiger partial charge in [0.15, 0.2) is 0 Å². The summed E-state index contributed by atoms with van der Waals surface area (Å²) in [5.74, 6) is 0.0286. The summed E-state index contributed by atoms with van der Waals surface area (Å²) in [6.45, 7) is 0.0325. The Kier molecular flexibility index (Phi) is 4.35. The molecule has 0 heterocycles. The zero-order valence-electron chi connectivity index (χ0n) is 11.1. The van der Waals surface area contributed by atoms with Gasteiger partial charge in [0.25, 0.3) is 0 Å². The van der Waals surface area contributed by atoms with Gasteiger partial charge in [-0.3, -0.25) is 0 Å². The molecule has 0 aliphatic carbocycles. The van der Waals surface area contributed by atoms with Crippen molar-refractivity contribution < 1.29 is 27.0 Å². The van der Waals surface area contributed by atoms with Gasteiger partial charge < -0.3 is 9.47 Å². The SMILES string of the molecule is COc1cc(F)cc(OCc2ccc(C(F)(F)F)cc2)c1. The molecule has 0 atom stereocenters. The number of methoxy groups -OCH3 is 1. The molecule has 0 spiro atoms. The van der Waals surface area contributed by atoms with Gasteiger partial charge in [-0.1, -0.05) is 12.1 Å². The molecular formula is C15H12F4O2. The normalized spacial score (nSPS) is 11.3. The molecule has 0 saturated carbocycles. The lowest BCUT2D eigenvalue weighted by atomic mass is 10.1. The van der Waals surface area contributed by atoms with Crippen molar-refractivity contribution in [3.05, 3.63) is 59.4 Å². The molecule has 112 valence electrons. The third kappa shape index (κ3) is 4.11. The van der Waals surface area contributed by atoms with Crippen LogP contribution in [0.1, 0.15) is 11.1 Å². The van der Waals surface area contributed by atoms with Gasteiger partial charge in [-0.05, 0) is 17.7 Å². The summed E-state index contributed by atoms with van der Waals surface area (Å²) >= 11 is 0. The van der Waals surface area contributed by atoms with E-state index in [1.807, 2.05) is 0 Å². The van der Waals surface area contributed by atoms with Gasteiger partial charge in [0.2, 0.25) is 0 Å². The Labute approximate surface area is 118 Å². The fourth-order valence-electron chi connectivity index (χ4n) is 1.69. The summed E-state index contributed by atoms with van der Waals surface area (Å²) in [6, 6.07) is 8.46. The summed E-state index contributed by atoms with van der Waals surface area (Å²) in [6.07, 6.45) is -4.37. The van der Waals surface area contributed by atoms with Crippen LogP contribution < -0.4 is 9.47 Å². The molecule has 0 aliphatic heterocycles. The monoisotopic (exact) mass is 300 g/mol. The van der Waals surface area contributed by atoms with Crippen LogP contribution >= 0.6 is 0 Å². The standard InChI is InChI=1S/C15H12F4O2/c1-20-13-6-12(16)7-14(8-13)21-9-10-2-4-11(5-3-10)15(17,18)19/h2-8H,9H2,1H3. The summed E-state index contributed by atoms with van der Waals surface area (Å²) in [5, 5.41) is 0. The number of alkyl halides is 3. The molecule has 0 unspecified atom stereocenters. The van der Waals surface area contributed by atoms with E-state index in [1.165, 1.54) is 37.4 Å². The van der Waals surface area contributed by atoms with Crippen molar-refractivity contribution in [1.82, 2.24) is 0 Å². The zero-order valence-corrected chi connectivity index (χ0v) is 11.1. The van der Waals surface area contributed by atoms with Crippen LogP contribution in [-0.2, 0) is 12.8 Å². The quantitative estimate of drug-likeness (QED) is 0.778. The van der Waals surface area contributed by atoms with Crippen molar-refractivity contribution in [3.63, 3.8) is 0 Å². The van der Waals surface area contributed by atoms with Crippen molar-refractivity contribution in [2.75, 3.05) is 7.11 Å². The topological polar surface area (TPSA) is 18.5 Å². The van der Waals surface area contributed by atoms with Crippen LogP contribution in [0.15, 0.2) is 42.5 Å². The lowest BCUT2D eigenvalue weighted by molar-refractivity contribution is -0.137. The number of rotatable bonds is 4. The van der Waals surface area contributed by atoms with Gasteiger partial charge in [-0.15, -0.1) is 0 Å². The Morgan fingerprint density at radius 1 is 0.952 bits per heavy atom. The Hall–Kier alpha value is -2.24. The highest BCUT2D eigenvalue weighted by Gasteiger charge is 2.29. The van der Waals surface area contributed by atoms with Crippen LogP contribution in [0.3, 0.4) is 0 Å². The fraction of sp³-hybridized carbons (Fsp3) is 0.200. The van der Waals surface area contributed by atoms with E-state index < -0.39 is 17.6 Å². The molecule has 2 aromatic carbocycles. The maximum Gasteiger partial charge on any atom is 0.416 e. The molecule has 2 rings (SSSR count). The molecule has 0 fully saturated rings. The molecule has 2 nitrogen and oxygen atoms in total. The van der Waals surface area contributed by atoms with Crippen molar-refractivity contribution in [2.45, 2.75) is 12.8 Å². The highest BCUT2D eigenvalue weighted by atomic mass is 19.4. The molecule has 0 amide bonds. The van der Waals surface area contributed by atoms with Crippen molar-refractivity contribution >= 4 is 0 Å². The van der Waals surface area contributed by atoms with E-state index in [9.17, 15) is 17.6 Å². The average molecular weight is 300 g/mol. The minimum Gasteiger partial charge on any atom is -0.497 e.